The van der Waals surface area contributed by atoms with Crippen molar-refractivity contribution in [2.45, 2.75) is 26.3 Å². The molecule has 1 aliphatic rings. The van der Waals surface area contributed by atoms with Gasteiger partial charge in [0.1, 0.15) is 0 Å². The van der Waals surface area contributed by atoms with Gasteiger partial charge in [-0.05, 0) is 25.5 Å². The van der Waals surface area contributed by atoms with E-state index in [1.807, 2.05) is 13.1 Å². The molecule has 1 heteroatoms. The van der Waals surface area contributed by atoms with Crippen LogP contribution in [-0.2, 0) is 0 Å². The molecule has 1 fully saturated rings. The molecule has 0 aliphatic heterocycles. The molecule has 2 unspecified atom stereocenters. The highest BCUT2D eigenvalue weighted by atomic mass is 14.8. The first-order valence-corrected chi connectivity index (χ1v) is 2.82. The van der Waals surface area contributed by atoms with Crippen molar-refractivity contribution in [2.75, 3.05) is 0 Å². The minimum absolute atomic E-state index is 0.685. The summed E-state index contributed by atoms with van der Waals surface area (Å²) >= 11 is 0. The van der Waals surface area contributed by atoms with Gasteiger partial charge in [0.2, 0.25) is 0 Å². The Labute approximate surface area is 44.5 Å². The van der Waals surface area contributed by atoms with Crippen LogP contribution in [0.4, 0.5) is 0 Å². The van der Waals surface area contributed by atoms with E-state index in [1.54, 1.807) is 0 Å². The molecule has 0 aromatic carbocycles. The standard InChI is InChI=1S/C6H11N/c1-3-7-6-4-5(6)2/h3,5-6H,4H2,1-2H3. The average molecular weight is 97.2 g/mol. The molecule has 2 atom stereocenters. The molecule has 0 bridgehead atoms. The minimum Gasteiger partial charge on any atom is -0.294 e. The molecule has 40 valence electrons. The highest BCUT2D eigenvalue weighted by molar-refractivity contribution is 5.54. The largest absolute Gasteiger partial charge is 0.294 e. The lowest BCUT2D eigenvalue weighted by molar-refractivity contribution is 0.898. The Hall–Kier alpha value is -0.330. The molecule has 0 radical (unpaired) electrons. The SMILES string of the molecule is CC=NC1CC1C. The van der Waals surface area contributed by atoms with Gasteiger partial charge in [-0.15, -0.1) is 0 Å². The third-order valence-corrected chi connectivity index (χ3v) is 1.41. The Morgan fingerprint density at radius 1 is 1.71 bits per heavy atom. The van der Waals surface area contributed by atoms with Crippen molar-refractivity contribution >= 4 is 6.21 Å². The Kier molecular flexibility index (Phi) is 1.13. The zero-order valence-corrected chi connectivity index (χ0v) is 4.89. The maximum absolute atomic E-state index is 4.19. The van der Waals surface area contributed by atoms with E-state index >= 15 is 0 Å². The molecule has 1 nitrogen and oxygen atoms in total. The van der Waals surface area contributed by atoms with E-state index < -0.39 is 0 Å². The van der Waals surface area contributed by atoms with E-state index in [2.05, 4.69) is 11.9 Å². The van der Waals surface area contributed by atoms with E-state index in [4.69, 9.17) is 0 Å². The van der Waals surface area contributed by atoms with Crippen molar-refractivity contribution in [1.82, 2.24) is 0 Å². The van der Waals surface area contributed by atoms with Crippen LogP contribution in [0.25, 0.3) is 0 Å². The van der Waals surface area contributed by atoms with Crippen LogP contribution < -0.4 is 0 Å². The summed E-state index contributed by atoms with van der Waals surface area (Å²) in [6, 6.07) is 0.685. The summed E-state index contributed by atoms with van der Waals surface area (Å²) < 4.78 is 0. The third-order valence-electron chi connectivity index (χ3n) is 1.41. The fourth-order valence-electron chi connectivity index (χ4n) is 0.702. The highest BCUT2D eigenvalue weighted by Crippen LogP contribution is 2.32. The molecule has 1 rings (SSSR count). The Morgan fingerprint density at radius 3 is 2.43 bits per heavy atom. The number of rotatable bonds is 1. The maximum atomic E-state index is 4.19. The van der Waals surface area contributed by atoms with Gasteiger partial charge in [-0.2, -0.15) is 0 Å². The molecular formula is C6H11N. The molecule has 0 saturated heterocycles. The third kappa shape index (κ3) is 1.02. The quantitative estimate of drug-likeness (QED) is 0.439. The second-order valence-corrected chi connectivity index (χ2v) is 2.19. The number of hydrogen-bond acceptors (Lipinski definition) is 1. The lowest BCUT2D eigenvalue weighted by Crippen LogP contribution is -1.76. The lowest BCUT2D eigenvalue weighted by atomic mass is 10.5. The first-order valence-electron chi connectivity index (χ1n) is 2.82. The molecule has 0 heterocycles. The zero-order valence-electron chi connectivity index (χ0n) is 4.89. The Bertz CT molecular complexity index is 86.2. The van der Waals surface area contributed by atoms with Crippen LogP contribution in [0.2, 0.25) is 0 Å². The summed E-state index contributed by atoms with van der Waals surface area (Å²) in [5, 5.41) is 0. The Balaban J connectivity index is 2.21. The summed E-state index contributed by atoms with van der Waals surface area (Å²) in [6.07, 6.45) is 3.21. The molecule has 7 heavy (non-hydrogen) atoms. The van der Waals surface area contributed by atoms with Crippen LogP contribution >= 0.6 is 0 Å². The van der Waals surface area contributed by atoms with Crippen molar-refractivity contribution in [3.05, 3.63) is 0 Å². The van der Waals surface area contributed by atoms with Gasteiger partial charge in [0.15, 0.2) is 0 Å². The van der Waals surface area contributed by atoms with E-state index in [0.717, 1.165) is 5.92 Å². The normalized spacial score (nSPS) is 39.7. The van der Waals surface area contributed by atoms with Crippen molar-refractivity contribution in [3.8, 4) is 0 Å². The fourth-order valence-corrected chi connectivity index (χ4v) is 0.702. The van der Waals surface area contributed by atoms with Crippen LogP contribution in [0.5, 0.6) is 0 Å². The molecule has 0 N–H and O–H groups in total. The van der Waals surface area contributed by atoms with Crippen molar-refractivity contribution in [2.24, 2.45) is 10.9 Å². The number of nitrogens with zero attached hydrogens (tertiary/aromatic N) is 1. The second-order valence-electron chi connectivity index (χ2n) is 2.19. The van der Waals surface area contributed by atoms with Crippen molar-refractivity contribution in [3.63, 3.8) is 0 Å². The first-order chi connectivity index (χ1) is 3.34. The Morgan fingerprint density at radius 2 is 2.29 bits per heavy atom. The van der Waals surface area contributed by atoms with Gasteiger partial charge in [0.25, 0.3) is 0 Å². The predicted octanol–water partition coefficient (Wildman–Crippen LogP) is 1.49. The number of aliphatic imine (C=N–C) groups is 1. The monoisotopic (exact) mass is 97.1 g/mol. The lowest BCUT2D eigenvalue weighted by Gasteiger charge is -1.77. The summed E-state index contributed by atoms with van der Waals surface area (Å²) in [6.45, 7) is 4.21. The van der Waals surface area contributed by atoms with E-state index in [0.29, 0.717) is 6.04 Å². The van der Waals surface area contributed by atoms with Gasteiger partial charge < -0.3 is 0 Å². The summed E-state index contributed by atoms with van der Waals surface area (Å²) in [5.41, 5.74) is 0. The first kappa shape index (κ1) is 4.82. The van der Waals surface area contributed by atoms with Crippen LogP contribution in [-0.4, -0.2) is 12.3 Å². The topological polar surface area (TPSA) is 12.4 Å². The molecule has 0 aromatic heterocycles. The summed E-state index contributed by atoms with van der Waals surface area (Å²) in [4.78, 5) is 4.19. The summed E-state index contributed by atoms with van der Waals surface area (Å²) in [5.74, 6) is 0.871. The van der Waals surface area contributed by atoms with Crippen molar-refractivity contribution in [1.29, 1.82) is 0 Å². The summed E-state index contributed by atoms with van der Waals surface area (Å²) in [7, 11) is 0. The molecule has 0 aromatic rings. The van der Waals surface area contributed by atoms with Crippen LogP contribution in [0.15, 0.2) is 4.99 Å². The van der Waals surface area contributed by atoms with Crippen LogP contribution in [0.1, 0.15) is 20.3 Å². The highest BCUT2D eigenvalue weighted by Gasteiger charge is 2.30. The van der Waals surface area contributed by atoms with Gasteiger partial charge in [-0.1, -0.05) is 6.92 Å². The smallest absolute Gasteiger partial charge is 0.0525 e. The van der Waals surface area contributed by atoms with Crippen molar-refractivity contribution < 1.29 is 0 Å². The second kappa shape index (κ2) is 1.65. The van der Waals surface area contributed by atoms with Gasteiger partial charge in [0, 0.05) is 0 Å². The molecular weight excluding hydrogens is 86.1 g/mol. The van der Waals surface area contributed by atoms with E-state index in [-0.39, 0.29) is 0 Å². The predicted molar refractivity (Wildman–Crippen MR) is 31.7 cm³/mol. The number of hydrogen-bond donors (Lipinski definition) is 0. The minimum atomic E-state index is 0.685. The molecule has 0 spiro atoms. The molecule has 1 aliphatic carbocycles. The maximum Gasteiger partial charge on any atom is 0.0525 e. The zero-order chi connectivity index (χ0) is 5.28. The average Bonchev–Trinajstić information content (AvgIpc) is 2.22. The van der Waals surface area contributed by atoms with Gasteiger partial charge in [-0.3, -0.25) is 4.99 Å². The van der Waals surface area contributed by atoms with Crippen LogP contribution in [0, 0.1) is 5.92 Å². The van der Waals surface area contributed by atoms with Crippen LogP contribution in [0.3, 0.4) is 0 Å². The van der Waals surface area contributed by atoms with Gasteiger partial charge in [-0.25, -0.2) is 0 Å². The van der Waals surface area contributed by atoms with E-state index in [1.165, 1.54) is 6.42 Å². The fraction of sp³-hybridized carbons (Fsp3) is 0.833. The molecule has 0 amide bonds. The molecule has 1 saturated carbocycles. The van der Waals surface area contributed by atoms with E-state index in [9.17, 15) is 0 Å². The van der Waals surface area contributed by atoms with Gasteiger partial charge in [0.05, 0.1) is 6.04 Å². The van der Waals surface area contributed by atoms with Gasteiger partial charge >= 0.3 is 0 Å².